The number of aromatic nitrogens is 2. The summed E-state index contributed by atoms with van der Waals surface area (Å²) in [5.41, 5.74) is 3.43. The van der Waals surface area contributed by atoms with Crippen molar-refractivity contribution < 1.29 is 13.2 Å². The molecule has 0 saturated carbocycles. The van der Waals surface area contributed by atoms with Crippen molar-refractivity contribution in [2.24, 2.45) is 0 Å². The van der Waals surface area contributed by atoms with Gasteiger partial charge in [0.25, 0.3) is 10.0 Å². The molecule has 2 aromatic heterocycles. The van der Waals surface area contributed by atoms with Crippen LogP contribution >= 0.6 is 22.7 Å². The number of carbonyl (C=O) groups is 1. The topological polar surface area (TPSA) is 104 Å². The number of anilines is 1. The number of rotatable bonds is 8. The number of thiazole rings is 2. The first-order valence-corrected chi connectivity index (χ1v) is 13.8. The molecule has 178 valence electrons. The molecule has 0 aliphatic carbocycles. The van der Waals surface area contributed by atoms with Gasteiger partial charge in [-0.15, -0.1) is 22.7 Å². The molecule has 0 bridgehead atoms. The van der Waals surface area contributed by atoms with Gasteiger partial charge < -0.3 is 0 Å². The van der Waals surface area contributed by atoms with E-state index in [0.29, 0.717) is 11.3 Å². The van der Waals surface area contributed by atoms with E-state index in [1.54, 1.807) is 47.7 Å². The van der Waals surface area contributed by atoms with Gasteiger partial charge >= 0.3 is 0 Å². The molecule has 0 unspecified atom stereocenters. The van der Waals surface area contributed by atoms with E-state index in [4.69, 9.17) is 5.26 Å². The van der Waals surface area contributed by atoms with E-state index in [0.717, 1.165) is 31.8 Å². The van der Waals surface area contributed by atoms with Crippen LogP contribution in [0, 0.1) is 25.2 Å². The van der Waals surface area contributed by atoms with E-state index >= 15 is 0 Å². The predicted molar refractivity (Wildman–Crippen MR) is 138 cm³/mol. The molecule has 0 fully saturated rings. The maximum atomic E-state index is 13.0. The van der Waals surface area contributed by atoms with Crippen LogP contribution in [0.4, 0.5) is 5.69 Å². The second-order valence-electron chi connectivity index (χ2n) is 7.94. The zero-order valence-electron chi connectivity index (χ0n) is 19.3. The number of ketones is 1. The van der Waals surface area contributed by atoms with Crippen molar-refractivity contribution in [3.05, 3.63) is 80.7 Å². The number of sulfonamides is 1. The molecule has 2 aromatic carbocycles. The van der Waals surface area contributed by atoms with Crippen LogP contribution < -0.4 is 4.31 Å². The molecule has 0 aliphatic rings. The predicted octanol–water partition coefficient (Wildman–Crippen LogP) is 4.93. The summed E-state index contributed by atoms with van der Waals surface area (Å²) < 4.78 is 27.1. The van der Waals surface area contributed by atoms with Gasteiger partial charge in [-0.05, 0) is 55.8 Å². The van der Waals surface area contributed by atoms with E-state index < -0.39 is 10.0 Å². The van der Waals surface area contributed by atoms with Gasteiger partial charge in [-0.25, -0.2) is 18.4 Å². The average molecular weight is 523 g/mol. The zero-order valence-corrected chi connectivity index (χ0v) is 21.8. The van der Waals surface area contributed by atoms with Crippen molar-refractivity contribution in [1.82, 2.24) is 9.97 Å². The van der Waals surface area contributed by atoms with Crippen LogP contribution in [-0.4, -0.2) is 31.2 Å². The third-order valence-corrected chi connectivity index (χ3v) is 9.12. The highest BCUT2D eigenvalue weighted by Crippen LogP contribution is 2.31. The second-order valence-corrected chi connectivity index (χ2v) is 12.1. The Hall–Kier alpha value is -3.39. The minimum absolute atomic E-state index is 0.00779. The number of benzene rings is 2. The Bertz CT molecular complexity index is 1510. The van der Waals surface area contributed by atoms with Gasteiger partial charge in [0.1, 0.15) is 10.8 Å². The monoisotopic (exact) mass is 522 g/mol. The molecule has 0 spiro atoms. The second kappa shape index (κ2) is 10.1. The third kappa shape index (κ3) is 5.48. The fourth-order valence-corrected chi connectivity index (χ4v) is 6.51. The maximum absolute atomic E-state index is 13.0. The Balaban J connectivity index is 1.41. The van der Waals surface area contributed by atoms with E-state index in [-0.39, 0.29) is 23.5 Å². The number of Topliss-reactive ketones (excluding diaryl/α,β-unsaturated/α-hetero) is 1. The Morgan fingerprint density at radius 2 is 1.71 bits per heavy atom. The molecule has 0 amide bonds. The summed E-state index contributed by atoms with van der Waals surface area (Å²) in [7, 11) is -2.31. The zero-order chi connectivity index (χ0) is 25.2. The third-order valence-electron chi connectivity index (χ3n) is 5.38. The van der Waals surface area contributed by atoms with Gasteiger partial charge in [-0.3, -0.25) is 9.10 Å². The smallest absolute Gasteiger partial charge is 0.264 e. The van der Waals surface area contributed by atoms with E-state index in [1.165, 1.54) is 34.8 Å². The van der Waals surface area contributed by atoms with Gasteiger partial charge in [0.2, 0.25) is 0 Å². The highest BCUT2D eigenvalue weighted by atomic mass is 32.2. The molecule has 0 aliphatic heterocycles. The van der Waals surface area contributed by atoms with Crippen LogP contribution in [0.15, 0.2) is 58.8 Å². The fraction of sp³-hybridized carbons (Fsp3) is 0.200. The molecule has 2 heterocycles. The molecular formula is C25H22N4O3S3. The average Bonchev–Trinajstić information content (AvgIpc) is 3.43. The molecule has 10 heteroatoms. The fourth-order valence-electron chi connectivity index (χ4n) is 3.55. The lowest BCUT2D eigenvalue weighted by Crippen LogP contribution is -2.26. The van der Waals surface area contributed by atoms with Gasteiger partial charge in [-0.2, -0.15) is 5.26 Å². The summed E-state index contributed by atoms with van der Waals surface area (Å²) in [6.45, 7) is 3.91. The Labute approximate surface area is 212 Å². The first-order chi connectivity index (χ1) is 16.7. The van der Waals surface area contributed by atoms with Crippen LogP contribution in [-0.2, 0) is 27.7 Å². The Morgan fingerprint density at radius 1 is 1.03 bits per heavy atom. The number of hydrogen-bond acceptors (Lipinski definition) is 8. The van der Waals surface area contributed by atoms with Gasteiger partial charge in [0.05, 0.1) is 49.9 Å². The van der Waals surface area contributed by atoms with Gasteiger partial charge in [0, 0.05) is 18.8 Å². The van der Waals surface area contributed by atoms with Crippen LogP contribution in [0.2, 0.25) is 0 Å². The molecule has 4 aromatic rings. The Morgan fingerprint density at radius 3 is 2.31 bits per heavy atom. The summed E-state index contributed by atoms with van der Waals surface area (Å²) in [5.74, 6) is 0.00779. The standard InChI is InChI=1S/C25H22N4O3S3/c1-16-25(34-17(2)27-16)23-15-33-24(28-23)13-21(30)12-18-6-10-22(11-7-18)35(31,32)29(3)20-8-4-19(14-26)5-9-20/h4-11,15H,12-13H2,1-3H3. The first kappa shape index (κ1) is 24.7. The number of nitrogens with zero attached hydrogens (tertiary/aromatic N) is 4. The van der Waals surface area contributed by atoms with Crippen LogP contribution in [0.3, 0.4) is 0 Å². The van der Waals surface area contributed by atoms with Gasteiger partial charge in [-0.1, -0.05) is 12.1 Å². The number of aryl methyl sites for hydroxylation is 2. The maximum Gasteiger partial charge on any atom is 0.264 e. The highest BCUT2D eigenvalue weighted by Gasteiger charge is 2.21. The van der Waals surface area contributed by atoms with Gasteiger partial charge in [0.15, 0.2) is 0 Å². The minimum atomic E-state index is -3.78. The summed E-state index contributed by atoms with van der Waals surface area (Å²) in [6.07, 6.45) is 0.419. The lowest BCUT2D eigenvalue weighted by atomic mass is 10.1. The van der Waals surface area contributed by atoms with Crippen LogP contribution in [0.1, 0.15) is 26.8 Å². The largest absolute Gasteiger partial charge is 0.299 e. The summed E-state index contributed by atoms with van der Waals surface area (Å²) in [4.78, 5) is 22.8. The SMILES string of the molecule is Cc1nc(C)c(-c2csc(CC(=O)Cc3ccc(S(=O)(=O)N(C)c4ccc(C#N)cc4)cc3)n2)s1. The molecule has 35 heavy (non-hydrogen) atoms. The van der Waals surface area contributed by atoms with Crippen LogP contribution in [0.5, 0.6) is 0 Å². The molecule has 0 radical (unpaired) electrons. The lowest BCUT2D eigenvalue weighted by molar-refractivity contribution is -0.117. The highest BCUT2D eigenvalue weighted by molar-refractivity contribution is 7.92. The first-order valence-electron chi connectivity index (χ1n) is 10.7. The minimum Gasteiger partial charge on any atom is -0.299 e. The lowest BCUT2D eigenvalue weighted by Gasteiger charge is -2.19. The molecule has 0 N–H and O–H groups in total. The number of nitriles is 1. The van der Waals surface area contributed by atoms with Crippen LogP contribution in [0.25, 0.3) is 10.6 Å². The molecule has 0 saturated heterocycles. The van der Waals surface area contributed by atoms with Crippen molar-refractivity contribution in [3.8, 4) is 16.6 Å². The Kier molecular flexibility index (Phi) is 7.12. The summed E-state index contributed by atoms with van der Waals surface area (Å²) >= 11 is 3.05. The number of carbonyl (C=O) groups excluding carboxylic acids is 1. The van der Waals surface area contributed by atoms with Crippen molar-refractivity contribution >= 4 is 44.2 Å². The van der Waals surface area contributed by atoms with E-state index in [2.05, 4.69) is 9.97 Å². The summed E-state index contributed by atoms with van der Waals surface area (Å²) in [5, 5.41) is 12.6. The van der Waals surface area contributed by atoms with Crippen molar-refractivity contribution in [2.75, 3.05) is 11.4 Å². The van der Waals surface area contributed by atoms with E-state index in [1.807, 2.05) is 25.3 Å². The van der Waals surface area contributed by atoms with Crippen molar-refractivity contribution in [1.29, 1.82) is 5.26 Å². The quantitative estimate of drug-likeness (QED) is 0.325. The normalized spacial score (nSPS) is 11.3. The van der Waals surface area contributed by atoms with Crippen molar-refractivity contribution in [2.45, 2.75) is 31.6 Å². The molecule has 0 atom stereocenters. The molecule has 4 rings (SSSR count). The van der Waals surface area contributed by atoms with E-state index in [9.17, 15) is 13.2 Å². The molecule has 7 nitrogen and oxygen atoms in total. The number of hydrogen-bond donors (Lipinski definition) is 0. The summed E-state index contributed by atoms with van der Waals surface area (Å²) in [6, 6.07) is 14.7. The van der Waals surface area contributed by atoms with Crippen molar-refractivity contribution in [3.63, 3.8) is 0 Å². The molecular weight excluding hydrogens is 501 g/mol.